The zero-order valence-corrected chi connectivity index (χ0v) is 12.4. The fourth-order valence-electron chi connectivity index (χ4n) is 1.88. The second kappa shape index (κ2) is 10.0. The average molecular weight is 271 g/mol. The Balaban J connectivity index is 1.90. The van der Waals surface area contributed by atoms with E-state index in [-0.39, 0.29) is 0 Å². The molecule has 112 valence electrons. The Kier molecular flexibility index (Phi) is 8.58. The van der Waals surface area contributed by atoms with Crippen molar-refractivity contribution in [1.82, 2.24) is 5.32 Å². The van der Waals surface area contributed by atoms with Crippen LogP contribution in [0, 0.1) is 11.8 Å². The molecule has 0 aliphatic carbocycles. The van der Waals surface area contributed by atoms with Gasteiger partial charge >= 0.3 is 0 Å². The second-order valence-electron chi connectivity index (χ2n) is 5.53. The first-order valence-corrected chi connectivity index (χ1v) is 7.37. The van der Waals surface area contributed by atoms with Crippen LogP contribution >= 0.6 is 0 Å². The van der Waals surface area contributed by atoms with Crippen LogP contribution in [-0.4, -0.2) is 45.5 Å². The summed E-state index contributed by atoms with van der Waals surface area (Å²) in [5, 5.41) is 3.12. The van der Waals surface area contributed by atoms with Gasteiger partial charge in [-0.2, -0.15) is 0 Å². The lowest BCUT2D eigenvalue weighted by Gasteiger charge is -2.09. The maximum atomic E-state index is 5.76. The quantitative estimate of drug-likeness (QED) is 0.378. The standard InChI is InChI=1S/C14H29N3O2/c1-12(2)4-7-17-14(15)16-6-3-8-18-10-13-5-9-19-11-13/h12-13H,3-11H2,1-2H3,(H3,15,16,17). The van der Waals surface area contributed by atoms with E-state index in [0.717, 1.165) is 58.8 Å². The third-order valence-electron chi connectivity index (χ3n) is 3.13. The predicted octanol–water partition coefficient (Wildman–Crippen LogP) is 1.38. The Morgan fingerprint density at radius 3 is 3.05 bits per heavy atom. The molecule has 1 rings (SSSR count). The summed E-state index contributed by atoms with van der Waals surface area (Å²) < 4.78 is 10.9. The Morgan fingerprint density at radius 1 is 1.53 bits per heavy atom. The summed E-state index contributed by atoms with van der Waals surface area (Å²) in [5.74, 6) is 1.82. The Morgan fingerprint density at radius 2 is 2.37 bits per heavy atom. The van der Waals surface area contributed by atoms with Gasteiger partial charge in [-0.1, -0.05) is 13.8 Å². The number of hydrogen-bond acceptors (Lipinski definition) is 3. The van der Waals surface area contributed by atoms with E-state index in [0.29, 0.717) is 17.8 Å². The number of ether oxygens (including phenoxy) is 2. The summed E-state index contributed by atoms with van der Waals surface area (Å²) in [4.78, 5) is 4.27. The summed E-state index contributed by atoms with van der Waals surface area (Å²) >= 11 is 0. The zero-order valence-electron chi connectivity index (χ0n) is 12.4. The molecular weight excluding hydrogens is 242 g/mol. The summed E-state index contributed by atoms with van der Waals surface area (Å²) in [6.07, 6.45) is 3.16. The summed E-state index contributed by atoms with van der Waals surface area (Å²) in [6, 6.07) is 0. The molecule has 1 atom stereocenters. The van der Waals surface area contributed by atoms with Crippen LogP contribution in [0.1, 0.15) is 33.1 Å². The Labute approximate surface area is 116 Å². The van der Waals surface area contributed by atoms with Gasteiger partial charge in [-0.3, -0.25) is 4.99 Å². The Hall–Kier alpha value is -0.810. The molecule has 0 saturated carbocycles. The monoisotopic (exact) mass is 271 g/mol. The molecule has 1 aliphatic rings. The highest BCUT2D eigenvalue weighted by atomic mass is 16.5. The van der Waals surface area contributed by atoms with E-state index in [1.54, 1.807) is 0 Å². The third kappa shape index (κ3) is 8.83. The topological polar surface area (TPSA) is 68.9 Å². The van der Waals surface area contributed by atoms with Gasteiger partial charge in [0.25, 0.3) is 0 Å². The first-order valence-electron chi connectivity index (χ1n) is 7.37. The lowest BCUT2D eigenvalue weighted by molar-refractivity contribution is 0.0893. The van der Waals surface area contributed by atoms with Crippen LogP contribution in [-0.2, 0) is 9.47 Å². The molecule has 1 saturated heterocycles. The van der Waals surface area contributed by atoms with Crippen LogP contribution < -0.4 is 11.1 Å². The van der Waals surface area contributed by atoms with Crippen LogP contribution in [0.25, 0.3) is 0 Å². The first kappa shape index (κ1) is 16.2. The molecule has 0 aromatic rings. The van der Waals surface area contributed by atoms with E-state index in [9.17, 15) is 0 Å². The van der Waals surface area contributed by atoms with Crippen LogP contribution in [0.15, 0.2) is 4.99 Å². The van der Waals surface area contributed by atoms with Gasteiger partial charge in [0.1, 0.15) is 0 Å². The SMILES string of the molecule is CC(C)CCNC(N)=NCCCOCC1CCOC1. The van der Waals surface area contributed by atoms with Crippen molar-refractivity contribution in [2.45, 2.75) is 33.1 Å². The number of nitrogens with two attached hydrogens (primary N) is 1. The Bertz CT molecular complexity index is 251. The van der Waals surface area contributed by atoms with Crippen molar-refractivity contribution in [3.05, 3.63) is 0 Å². The maximum absolute atomic E-state index is 5.76. The van der Waals surface area contributed by atoms with Crippen molar-refractivity contribution < 1.29 is 9.47 Å². The fourth-order valence-corrected chi connectivity index (χ4v) is 1.88. The molecule has 0 radical (unpaired) electrons. The van der Waals surface area contributed by atoms with Gasteiger partial charge in [0.05, 0.1) is 13.2 Å². The minimum absolute atomic E-state index is 0.546. The molecule has 3 N–H and O–H groups in total. The molecule has 0 aromatic heterocycles. The maximum Gasteiger partial charge on any atom is 0.188 e. The largest absolute Gasteiger partial charge is 0.381 e. The highest BCUT2D eigenvalue weighted by Gasteiger charge is 2.14. The number of rotatable bonds is 9. The molecular formula is C14H29N3O2. The first-order chi connectivity index (χ1) is 9.18. The van der Waals surface area contributed by atoms with E-state index in [2.05, 4.69) is 24.2 Å². The van der Waals surface area contributed by atoms with Gasteiger partial charge < -0.3 is 20.5 Å². The minimum Gasteiger partial charge on any atom is -0.381 e. The van der Waals surface area contributed by atoms with Crippen molar-refractivity contribution in [1.29, 1.82) is 0 Å². The van der Waals surface area contributed by atoms with Gasteiger partial charge in [-0.15, -0.1) is 0 Å². The van der Waals surface area contributed by atoms with Gasteiger partial charge in [-0.25, -0.2) is 0 Å². The van der Waals surface area contributed by atoms with Crippen LogP contribution in [0.3, 0.4) is 0 Å². The molecule has 0 amide bonds. The minimum atomic E-state index is 0.546. The molecule has 0 bridgehead atoms. The van der Waals surface area contributed by atoms with Crippen molar-refractivity contribution in [3.63, 3.8) is 0 Å². The van der Waals surface area contributed by atoms with Gasteiger partial charge in [0.15, 0.2) is 5.96 Å². The molecule has 5 nitrogen and oxygen atoms in total. The highest BCUT2D eigenvalue weighted by molar-refractivity contribution is 5.77. The second-order valence-corrected chi connectivity index (χ2v) is 5.53. The molecule has 5 heteroatoms. The molecule has 1 aliphatic heterocycles. The van der Waals surface area contributed by atoms with Crippen molar-refractivity contribution >= 4 is 5.96 Å². The number of guanidine groups is 1. The van der Waals surface area contributed by atoms with Crippen molar-refractivity contribution in [2.24, 2.45) is 22.6 Å². The van der Waals surface area contributed by atoms with E-state index in [1.165, 1.54) is 0 Å². The van der Waals surface area contributed by atoms with E-state index >= 15 is 0 Å². The number of hydrogen-bond donors (Lipinski definition) is 2. The van der Waals surface area contributed by atoms with Crippen LogP contribution in [0.4, 0.5) is 0 Å². The van der Waals surface area contributed by atoms with Gasteiger partial charge in [-0.05, 0) is 25.2 Å². The van der Waals surface area contributed by atoms with Crippen molar-refractivity contribution in [2.75, 3.05) is 39.5 Å². The van der Waals surface area contributed by atoms with Crippen LogP contribution in [0.5, 0.6) is 0 Å². The average Bonchev–Trinajstić information content (AvgIpc) is 2.86. The van der Waals surface area contributed by atoms with Gasteiger partial charge in [0, 0.05) is 32.2 Å². The normalized spacial score (nSPS) is 20.2. The number of nitrogens with one attached hydrogen (secondary N) is 1. The molecule has 1 unspecified atom stereocenters. The summed E-state index contributed by atoms with van der Waals surface area (Å²) in [5.41, 5.74) is 5.76. The van der Waals surface area contributed by atoms with Crippen LogP contribution in [0.2, 0.25) is 0 Å². The van der Waals surface area contributed by atoms with E-state index in [4.69, 9.17) is 15.2 Å². The highest BCUT2D eigenvalue weighted by Crippen LogP contribution is 2.12. The van der Waals surface area contributed by atoms with E-state index in [1.807, 2.05) is 0 Å². The third-order valence-corrected chi connectivity index (χ3v) is 3.13. The molecule has 1 heterocycles. The summed E-state index contributed by atoms with van der Waals surface area (Å²) in [6.45, 7) is 9.31. The molecule has 1 fully saturated rings. The zero-order chi connectivity index (χ0) is 13.9. The van der Waals surface area contributed by atoms with Crippen molar-refractivity contribution in [3.8, 4) is 0 Å². The van der Waals surface area contributed by atoms with E-state index < -0.39 is 0 Å². The molecule has 0 aromatic carbocycles. The number of nitrogens with zero attached hydrogens (tertiary/aromatic N) is 1. The number of aliphatic imine (C=N–C) groups is 1. The molecule has 19 heavy (non-hydrogen) atoms. The smallest absolute Gasteiger partial charge is 0.188 e. The van der Waals surface area contributed by atoms with Gasteiger partial charge in [0.2, 0.25) is 0 Å². The fraction of sp³-hybridized carbons (Fsp3) is 0.929. The summed E-state index contributed by atoms with van der Waals surface area (Å²) in [7, 11) is 0. The lowest BCUT2D eigenvalue weighted by atomic mass is 10.1. The lowest BCUT2D eigenvalue weighted by Crippen LogP contribution is -2.33. The molecule has 0 spiro atoms. The predicted molar refractivity (Wildman–Crippen MR) is 78.3 cm³/mol.